The van der Waals surface area contributed by atoms with Gasteiger partial charge in [-0.15, -0.1) is 0 Å². The topological polar surface area (TPSA) is 37.4 Å². The smallest absolute Gasteiger partial charge is 0.207 e. The predicted molar refractivity (Wildman–Crippen MR) is 64.6 cm³/mol. The lowest BCUT2D eigenvalue weighted by Crippen LogP contribution is -2.31. The van der Waals surface area contributed by atoms with Crippen molar-refractivity contribution in [1.29, 1.82) is 0 Å². The summed E-state index contributed by atoms with van der Waals surface area (Å²) in [5.41, 5.74) is 0. The first-order valence-electron chi connectivity index (χ1n) is 5.59. The van der Waals surface area contributed by atoms with Crippen molar-refractivity contribution in [3.8, 4) is 0 Å². The van der Waals surface area contributed by atoms with Crippen LogP contribution in [0.4, 0.5) is 0 Å². The van der Waals surface area contributed by atoms with Gasteiger partial charge in [0, 0.05) is 13.1 Å². The average molecular weight is 240 g/mol. The van der Waals surface area contributed by atoms with Crippen LogP contribution in [0, 0.1) is 6.07 Å². The van der Waals surface area contributed by atoms with Crippen LogP contribution in [0.3, 0.4) is 0 Å². The number of benzene rings is 1. The van der Waals surface area contributed by atoms with Crippen molar-refractivity contribution in [1.82, 2.24) is 4.31 Å². The van der Waals surface area contributed by atoms with Gasteiger partial charge in [-0.3, -0.25) is 0 Å². The summed E-state index contributed by atoms with van der Waals surface area (Å²) in [6, 6.07) is 9.25. The third kappa shape index (κ3) is 3.06. The number of hydrogen-bond acceptors (Lipinski definition) is 2. The van der Waals surface area contributed by atoms with Crippen LogP contribution in [0.25, 0.3) is 0 Å². The Balaban J connectivity index is 2.91. The van der Waals surface area contributed by atoms with Crippen molar-refractivity contribution in [3.63, 3.8) is 0 Å². The molecule has 1 rings (SSSR count). The number of nitrogens with zero attached hydrogens (tertiary/aromatic N) is 1. The Morgan fingerprint density at radius 2 is 1.88 bits per heavy atom. The lowest BCUT2D eigenvalue weighted by molar-refractivity contribution is 0.419. The van der Waals surface area contributed by atoms with Crippen molar-refractivity contribution < 1.29 is 8.42 Å². The molecular weight excluding hydrogens is 222 g/mol. The van der Waals surface area contributed by atoms with E-state index in [1.54, 1.807) is 24.3 Å². The monoisotopic (exact) mass is 240 g/mol. The first-order valence-corrected chi connectivity index (χ1v) is 7.03. The standard InChI is InChI=1S/C12H18NO2S/c1-3-5-11-13(4-2)16(14,15)12-9-7-6-8-10-12/h7-10H,3-5,11H2,1-2H3. The van der Waals surface area contributed by atoms with Crippen molar-refractivity contribution in [3.05, 3.63) is 30.3 Å². The summed E-state index contributed by atoms with van der Waals surface area (Å²) in [6.45, 7) is 5.02. The minimum absolute atomic E-state index is 0.351. The maximum absolute atomic E-state index is 12.2. The van der Waals surface area contributed by atoms with Gasteiger partial charge in [0.25, 0.3) is 0 Å². The molecule has 0 unspecified atom stereocenters. The highest BCUT2D eigenvalue weighted by Crippen LogP contribution is 2.15. The number of rotatable bonds is 6. The molecule has 0 atom stereocenters. The van der Waals surface area contributed by atoms with E-state index in [0.717, 1.165) is 12.8 Å². The average Bonchev–Trinajstić information content (AvgIpc) is 2.31. The maximum atomic E-state index is 12.2. The molecule has 3 nitrogen and oxygen atoms in total. The molecule has 0 aromatic heterocycles. The van der Waals surface area contributed by atoms with E-state index in [-0.39, 0.29) is 0 Å². The molecule has 0 saturated carbocycles. The first kappa shape index (κ1) is 13.2. The van der Waals surface area contributed by atoms with Gasteiger partial charge < -0.3 is 0 Å². The summed E-state index contributed by atoms with van der Waals surface area (Å²) in [4.78, 5) is 0.351. The second-order valence-corrected chi connectivity index (χ2v) is 5.52. The fourth-order valence-electron chi connectivity index (χ4n) is 1.48. The Bertz CT molecular complexity index is 400. The summed E-state index contributed by atoms with van der Waals surface area (Å²) < 4.78 is 25.9. The van der Waals surface area contributed by atoms with Crippen molar-refractivity contribution in [2.75, 3.05) is 13.1 Å². The summed E-state index contributed by atoms with van der Waals surface area (Å²) in [7, 11) is -3.31. The van der Waals surface area contributed by atoms with E-state index in [0.29, 0.717) is 18.0 Å². The fraction of sp³-hybridized carbons (Fsp3) is 0.500. The second-order valence-electron chi connectivity index (χ2n) is 3.59. The Morgan fingerprint density at radius 3 is 2.38 bits per heavy atom. The van der Waals surface area contributed by atoms with Crippen molar-refractivity contribution in [2.24, 2.45) is 0 Å². The van der Waals surface area contributed by atoms with Crippen LogP contribution < -0.4 is 0 Å². The quantitative estimate of drug-likeness (QED) is 0.765. The molecule has 0 aliphatic carbocycles. The van der Waals surface area contributed by atoms with Gasteiger partial charge in [0.2, 0.25) is 10.0 Å². The fourth-order valence-corrected chi connectivity index (χ4v) is 2.96. The molecule has 89 valence electrons. The molecule has 4 heteroatoms. The van der Waals surface area contributed by atoms with E-state index in [4.69, 9.17) is 0 Å². The van der Waals surface area contributed by atoms with Crippen LogP contribution in [0.2, 0.25) is 0 Å². The highest BCUT2D eigenvalue weighted by Gasteiger charge is 2.21. The van der Waals surface area contributed by atoms with Gasteiger partial charge in [-0.2, -0.15) is 4.31 Å². The van der Waals surface area contributed by atoms with E-state index in [1.807, 2.05) is 6.92 Å². The van der Waals surface area contributed by atoms with Gasteiger partial charge in [0.15, 0.2) is 0 Å². The van der Waals surface area contributed by atoms with Crippen LogP contribution in [-0.4, -0.2) is 25.8 Å². The van der Waals surface area contributed by atoms with Crippen LogP contribution in [0.15, 0.2) is 29.2 Å². The Morgan fingerprint density at radius 1 is 1.25 bits per heavy atom. The van der Waals surface area contributed by atoms with Gasteiger partial charge in [-0.1, -0.05) is 32.4 Å². The van der Waals surface area contributed by atoms with Crippen LogP contribution in [0.1, 0.15) is 26.7 Å². The molecule has 0 aliphatic rings. The highest BCUT2D eigenvalue weighted by atomic mass is 32.2. The molecule has 1 radical (unpaired) electrons. The molecule has 0 heterocycles. The molecule has 16 heavy (non-hydrogen) atoms. The summed E-state index contributed by atoms with van der Waals surface area (Å²) in [5, 5.41) is 0. The van der Waals surface area contributed by atoms with Crippen molar-refractivity contribution in [2.45, 2.75) is 31.6 Å². The van der Waals surface area contributed by atoms with Gasteiger partial charge in [-0.25, -0.2) is 8.42 Å². The lowest BCUT2D eigenvalue weighted by Gasteiger charge is -2.20. The third-order valence-electron chi connectivity index (χ3n) is 2.44. The Hall–Kier alpha value is -0.870. The van der Waals surface area contributed by atoms with Crippen LogP contribution in [-0.2, 0) is 10.0 Å². The SMILES string of the molecule is CCCCN(CC)S(=O)(=O)c1cc[c]cc1. The van der Waals surface area contributed by atoms with E-state index < -0.39 is 10.0 Å². The number of hydrogen-bond donors (Lipinski definition) is 0. The summed E-state index contributed by atoms with van der Waals surface area (Å²) >= 11 is 0. The Kier molecular flexibility index (Phi) is 4.96. The lowest BCUT2D eigenvalue weighted by atomic mass is 10.3. The zero-order chi connectivity index (χ0) is 12.0. The minimum Gasteiger partial charge on any atom is -0.207 e. The predicted octanol–water partition coefficient (Wildman–Crippen LogP) is 2.30. The van der Waals surface area contributed by atoms with Gasteiger partial charge in [0.1, 0.15) is 0 Å². The van der Waals surface area contributed by atoms with E-state index in [1.165, 1.54) is 4.31 Å². The van der Waals surface area contributed by atoms with E-state index in [9.17, 15) is 8.42 Å². The van der Waals surface area contributed by atoms with Gasteiger partial charge in [-0.05, 0) is 24.6 Å². The molecule has 0 amide bonds. The molecule has 1 aromatic carbocycles. The van der Waals surface area contributed by atoms with Crippen LogP contribution >= 0.6 is 0 Å². The molecule has 0 spiro atoms. The second kappa shape index (κ2) is 6.01. The normalized spacial score (nSPS) is 11.9. The molecule has 1 aromatic rings. The number of unbranched alkanes of at least 4 members (excludes halogenated alkanes) is 1. The summed E-state index contributed by atoms with van der Waals surface area (Å²) in [5.74, 6) is 0. The molecule has 0 saturated heterocycles. The zero-order valence-corrected chi connectivity index (χ0v) is 10.6. The highest BCUT2D eigenvalue weighted by molar-refractivity contribution is 7.89. The largest absolute Gasteiger partial charge is 0.243 e. The van der Waals surface area contributed by atoms with E-state index >= 15 is 0 Å². The zero-order valence-electron chi connectivity index (χ0n) is 9.81. The maximum Gasteiger partial charge on any atom is 0.243 e. The van der Waals surface area contributed by atoms with Gasteiger partial charge >= 0.3 is 0 Å². The van der Waals surface area contributed by atoms with Gasteiger partial charge in [0.05, 0.1) is 4.90 Å². The molecule has 0 aliphatic heterocycles. The molecule has 0 bridgehead atoms. The first-order chi connectivity index (χ1) is 7.62. The molecule has 0 fully saturated rings. The molecular formula is C12H18NO2S. The summed E-state index contributed by atoms with van der Waals surface area (Å²) in [6.07, 6.45) is 1.89. The number of sulfonamides is 1. The minimum atomic E-state index is -3.31. The Labute approximate surface area is 98.1 Å². The van der Waals surface area contributed by atoms with E-state index in [2.05, 4.69) is 13.0 Å². The third-order valence-corrected chi connectivity index (χ3v) is 4.43. The van der Waals surface area contributed by atoms with Crippen LogP contribution in [0.5, 0.6) is 0 Å². The molecule has 0 N–H and O–H groups in total. The van der Waals surface area contributed by atoms with Crippen molar-refractivity contribution >= 4 is 10.0 Å².